The van der Waals surface area contributed by atoms with Gasteiger partial charge in [-0.15, -0.1) is 0 Å². The number of methoxy groups -OCH3 is 1. The number of ether oxygens (including phenoxy) is 1. The molecule has 0 amide bonds. The molecular formula is C13H21N3O3. The molecule has 0 saturated carbocycles. The molecule has 1 rings (SSSR count). The molecular weight excluding hydrogens is 246 g/mol. The van der Waals surface area contributed by atoms with E-state index < -0.39 is 5.97 Å². The highest BCUT2D eigenvalue weighted by Gasteiger charge is 2.19. The molecule has 0 bridgehead atoms. The molecule has 0 aliphatic heterocycles. The van der Waals surface area contributed by atoms with Gasteiger partial charge in [0.1, 0.15) is 0 Å². The quantitative estimate of drug-likeness (QED) is 0.774. The van der Waals surface area contributed by atoms with E-state index in [1.807, 2.05) is 4.90 Å². The van der Waals surface area contributed by atoms with Crippen molar-refractivity contribution in [1.29, 1.82) is 0 Å². The van der Waals surface area contributed by atoms with Crippen LogP contribution in [0.4, 0.5) is 5.95 Å². The minimum absolute atomic E-state index is 0.0124. The van der Waals surface area contributed by atoms with Gasteiger partial charge in [0.05, 0.1) is 6.61 Å². The number of carboxylic acid groups (broad SMARTS) is 1. The van der Waals surface area contributed by atoms with E-state index in [0.717, 1.165) is 12.8 Å². The van der Waals surface area contributed by atoms with E-state index in [1.165, 1.54) is 12.3 Å². The maximum Gasteiger partial charge on any atom is 0.354 e. The molecule has 19 heavy (non-hydrogen) atoms. The number of nitrogens with zero attached hydrogens (tertiary/aromatic N) is 3. The normalized spacial score (nSPS) is 10.7. The number of carboxylic acids is 1. The lowest BCUT2D eigenvalue weighted by atomic mass is 10.1. The Morgan fingerprint density at radius 2 is 2.16 bits per heavy atom. The fourth-order valence-electron chi connectivity index (χ4n) is 1.97. The van der Waals surface area contributed by atoms with Crippen LogP contribution in [0.25, 0.3) is 0 Å². The second-order valence-corrected chi connectivity index (χ2v) is 4.20. The van der Waals surface area contributed by atoms with Gasteiger partial charge in [-0.25, -0.2) is 14.8 Å². The van der Waals surface area contributed by atoms with Crippen molar-refractivity contribution in [3.8, 4) is 0 Å². The second kappa shape index (κ2) is 7.68. The highest BCUT2D eigenvalue weighted by Crippen LogP contribution is 2.16. The second-order valence-electron chi connectivity index (χ2n) is 4.20. The zero-order valence-electron chi connectivity index (χ0n) is 11.7. The fraction of sp³-hybridized carbons (Fsp3) is 0.615. The predicted molar refractivity (Wildman–Crippen MR) is 72.6 cm³/mol. The summed E-state index contributed by atoms with van der Waals surface area (Å²) in [6.07, 6.45) is 3.37. The monoisotopic (exact) mass is 267 g/mol. The summed E-state index contributed by atoms with van der Waals surface area (Å²) in [6.45, 7) is 5.38. The minimum atomic E-state index is -1.04. The molecule has 0 aromatic carbocycles. The highest BCUT2D eigenvalue weighted by atomic mass is 16.5. The van der Waals surface area contributed by atoms with Crippen molar-refractivity contribution >= 4 is 11.9 Å². The van der Waals surface area contributed by atoms with Crippen LogP contribution in [0.2, 0.25) is 0 Å². The molecule has 1 aromatic rings. The van der Waals surface area contributed by atoms with Crippen molar-refractivity contribution in [2.75, 3.05) is 25.2 Å². The Balaban J connectivity index is 3.01. The van der Waals surface area contributed by atoms with E-state index in [-0.39, 0.29) is 11.7 Å². The topological polar surface area (TPSA) is 75.5 Å². The third-order valence-corrected chi connectivity index (χ3v) is 3.04. The summed E-state index contributed by atoms with van der Waals surface area (Å²) in [4.78, 5) is 21.3. The summed E-state index contributed by atoms with van der Waals surface area (Å²) in [5, 5.41) is 8.99. The Kier molecular flexibility index (Phi) is 6.21. The zero-order chi connectivity index (χ0) is 14.3. The van der Waals surface area contributed by atoms with Crippen molar-refractivity contribution in [2.24, 2.45) is 0 Å². The van der Waals surface area contributed by atoms with Gasteiger partial charge >= 0.3 is 5.97 Å². The largest absolute Gasteiger partial charge is 0.477 e. The molecule has 0 fully saturated rings. The van der Waals surface area contributed by atoms with E-state index >= 15 is 0 Å². The summed E-state index contributed by atoms with van der Waals surface area (Å²) in [5.41, 5.74) is 0.0124. The summed E-state index contributed by atoms with van der Waals surface area (Å²) in [7, 11) is 1.64. The first kappa shape index (κ1) is 15.4. The molecule has 0 aliphatic carbocycles. The van der Waals surface area contributed by atoms with Gasteiger partial charge in [-0.05, 0) is 18.9 Å². The van der Waals surface area contributed by atoms with Crippen molar-refractivity contribution in [1.82, 2.24) is 9.97 Å². The first-order valence-corrected chi connectivity index (χ1v) is 6.45. The average molecular weight is 267 g/mol. The lowest BCUT2D eigenvalue weighted by Gasteiger charge is -2.30. The molecule has 0 spiro atoms. The first-order chi connectivity index (χ1) is 9.13. The molecule has 6 heteroatoms. The van der Waals surface area contributed by atoms with Crippen molar-refractivity contribution < 1.29 is 14.6 Å². The molecule has 6 nitrogen and oxygen atoms in total. The van der Waals surface area contributed by atoms with Crippen molar-refractivity contribution in [3.05, 3.63) is 18.0 Å². The molecule has 0 aliphatic rings. The summed E-state index contributed by atoms with van der Waals surface area (Å²) < 4.78 is 5.10. The zero-order valence-corrected chi connectivity index (χ0v) is 11.7. The first-order valence-electron chi connectivity index (χ1n) is 6.45. The fourth-order valence-corrected chi connectivity index (χ4v) is 1.97. The maximum atomic E-state index is 11.0. The van der Waals surface area contributed by atoms with E-state index in [4.69, 9.17) is 9.84 Å². The molecule has 0 radical (unpaired) electrons. The van der Waals surface area contributed by atoms with Crippen LogP contribution < -0.4 is 4.90 Å². The van der Waals surface area contributed by atoms with Crippen molar-refractivity contribution in [3.63, 3.8) is 0 Å². The molecule has 1 N–H and O–H groups in total. The van der Waals surface area contributed by atoms with E-state index in [1.54, 1.807) is 7.11 Å². The van der Waals surface area contributed by atoms with Gasteiger partial charge in [0.15, 0.2) is 5.69 Å². The van der Waals surface area contributed by atoms with E-state index in [2.05, 4.69) is 23.8 Å². The summed E-state index contributed by atoms with van der Waals surface area (Å²) in [6, 6.07) is 1.67. The third kappa shape index (κ3) is 4.17. The maximum absolute atomic E-state index is 11.0. The molecule has 0 saturated heterocycles. The molecule has 106 valence electrons. The number of anilines is 1. The van der Waals surface area contributed by atoms with Crippen LogP contribution in [0.5, 0.6) is 0 Å². The minimum Gasteiger partial charge on any atom is -0.477 e. The van der Waals surface area contributed by atoms with Gasteiger partial charge in [0.25, 0.3) is 0 Å². The van der Waals surface area contributed by atoms with Gasteiger partial charge in [0, 0.05) is 25.9 Å². The highest BCUT2D eigenvalue weighted by molar-refractivity contribution is 5.85. The SMILES string of the molecule is CCC(CC)N(CCOC)c1nccc(C(=O)O)n1. The van der Waals surface area contributed by atoms with Crippen LogP contribution in [0.3, 0.4) is 0 Å². The van der Waals surface area contributed by atoms with Gasteiger partial charge in [0.2, 0.25) is 5.95 Å². The number of rotatable bonds is 8. The molecule has 0 unspecified atom stereocenters. The molecule has 0 atom stereocenters. The molecule has 1 aromatic heterocycles. The lowest BCUT2D eigenvalue weighted by molar-refractivity contribution is 0.0690. The number of hydrogen-bond donors (Lipinski definition) is 1. The van der Waals surface area contributed by atoms with Gasteiger partial charge in [-0.1, -0.05) is 13.8 Å². The number of hydrogen-bond acceptors (Lipinski definition) is 5. The van der Waals surface area contributed by atoms with Crippen LogP contribution in [-0.4, -0.2) is 47.3 Å². The average Bonchev–Trinajstić information content (AvgIpc) is 2.43. The standard InChI is InChI=1S/C13H21N3O3/c1-4-10(5-2)16(8-9-19-3)13-14-7-6-11(15-13)12(17)18/h6-7,10H,4-5,8-9H2,1-3H3,(H,17,18). The van der Waals surface area contributed by atoms with Gasteiger partial charge < -0.3 is 14.7 Å². The Morgan fingerprint density at radius 1 is 1.47 bits per heavy atom. The Bertz CT molecular complexity index is 408. The smallest absolute Gasteiger partial charge is 0.354 e. The summed E-state index contributed by atoms with van der Waals surface area (Å²) in [5.74, 6) is -0.592. The van der Waals surface area contributed by atoms with Crippen LogP contribution in [0, 0.1) is 0 Å². The Morgan fingerprint density at radius 3 is 2.68 bits per heavy atom. The van der Waals surface area contributed by atoms with Crippen LogP contribution in [0.15, 0.2) is 12.3 Å². The van der Waals surface area contributed by atoms with Gasteiger partial charge in [-0.2, -0.15) is 0 Å². The number of aromatic nitrogens is 2. The Labute approximate surface area is 113 Å². The third-order valence-electron chi connectivity index (χ3n) is 3.04. The number of carbonyl (C=O) groups is 1. The van der Waals surface area contributed by atoms with Gasteiger partial charge in [-0.3, -0.25) is 0 Å². The van der Waals surface area contributed by atoms with E-state index in [9.17, 15) is 4.79 Å². The van der Waals surface area contributed by atoms with Crippen LogP contribution >= 0.6 is 0 Å². The lowest BCUT2D eigenvalue weighted by Crippen LogP contribution is -2.38. The van der Waals surface area contributed by atoms with Crippen molar-refractivity contribution in [2.45, 2.75) is 32.7 Å². The number of aromatic carboxylic acids is 1. The van der Waals surface area contributed by atoms with E-state index in [0.29, 0.717) is 19.1 Å². The molecule has 1 heterocycles. The van der Waals surface area contributed by atoms with Crippen LogP contribution in [-0.2, 0) is 4.74 Å². The predicted octanol–water partition coefficient (Wildman–Crippen LogP) is 1.82. The summed E-state index contributed by atoms with van der Waals surface area (Å²) >= 11 is 0. The Hall–Kier alpha value is -1.69. The van der Waals surface area contributed by atoms with Crippen LogP contribution in [0.1, 0.15) is 37.2 Å².